The number of hydrogen-bond acceptors (Lipinski definition) is 3. The first-order valence-corrected chi connectivity index (χ1v) is 7.82. The van der Waals surface area contributed by atoms with Gasteiger partial charge in [-0.05, 0) is 35.7 Å². The van der Waals surface area contributed by atoms with Gasteiger partial charge in [0.2, 0.25) is 10.0 Å². The molecule has 0 amide bonds. The molecule has 3 nitrogen and oxygen atoms in total. The van der Waals surface area contributed by atoms with Crippen molar-refractivity contribution in [1.29, 1.82) is 0 Å². The second kappa shape index (κ2) is 4.12. The van der Waals surface area contributed by atoms with Crippen LogP contribution in [0.5, 0.6) is 0 Å². The van der Waals surface area contributed by atoms with Gasteiger partial charge in [0, 0.05) is 9.79 Å². The minimum atomic E-state index is -3.63. The van der Waals surface area contributed by atoms with Gasteiger partial charge in [0.05, 0.1) is 4.90 Å². The normalized spacial score (nSPS) is 13.8. The minimum absolute atomic E-state index is 0.174. The molecule has 1 aliphatic rings. The van der Waals surface area contributed by atoms with Crippen LogP contribution in [0.2, 0.25) is 0 Å². The van der Waals surface area contributed by atoms with Crippen LogP contribution in [0, 0.1) is 0 Å². The maximum atomic E-state index is 11.3. The van der Waals surface area contributed by atoms with E-state index in [1.807, 2.05) is 24.3 Å². The fraction of sp³-hybridized carbons (Fsp3) is 0.0769. The molecule has 0 atom stereocenters. The Morgan fingerprint density at radius 1 is 1.00 bits per heavy atom. The van der Waals surface area contributed by atoms with Crippen LogP contribution in [0.25, 0.3) is 0 Å². The minimum Gasteiger partial charge on any atom is -0.225 e. The molecule has 3 rings (SSSR count). The van der Waals surface area contributed by atoms with Crippen molar-refractivity contribution in [2.24, 2.45) is 5.14 Å². The molecule has 92 valence electrons. The van der Waals surface area contributed by atoms with Gasteiger partial charge in [-0.3, -0.25) is 0 Å². The number of rotatable bonds is 1. The number of nitrogens with two attached hydrogens (primary N) is 1. The average Bonchev–Trinajstić information content (AvgIpc) is 2.34. The Morgan fingerprint density at radius 3 is 2.50 bits per heavy atom. The van der Waals surface area contributed by atoms with Crippen LogP contribution in [0.1, 0.15) is 11.1 Å². The van der Waals surface area contributed by atoms with E-state index in [0.29, 0.717) is 0 Å². The van der Waals surface area contributed by atoms with Crippen molar-refractivity contribution < 1.29 is 8.42 Å². The highest BCUT2D eigenvalue weighted by atomic mass is 32.2. The topological polar surface area (TPSA) is 60.2 Å². The summed E-state index contributed by atoms with van der Waals surface area (Å²) in [6.45, 7) is 0. The third-order valence-electron chi connectivity index (χ3n) is 2.94. The molecule has 0 saturated carbocycles. The molecule has 1 heterocycles. The molecule has 0 unspecified atom stereocenters. The van der Waals surface area contributed by atoms with Gasteiger partial charge in [-0.1, -0.05) is 36.0 Å². The monoisotopic (exact) mass is 277 g/mol. The fourth-order valence-corrected chi connectivity index (χ4v) is 3.75. The van der Waals surface area contributed by atoms with E-state index in [9.17, 15) is 8.42 Å². The first-order valence-electron chi connectivity index (χ1n) is 5.45. The molecule has 0 saturated heterocycles. The van der Waals surface area contributed by atoms with Gasteiger partial charge in [-0.2, -0.15) is 0 Å². The van der Waals surface area contributed by atoms with Crippen molar-refractivity contribution in [2.45, 2.75) is 21.1 Å². The summed E-state index contributed by atoms with van der Waals surface area (Å²) in [5, 5.41) is 5.15. The quantitative estimate of drug-likeness (QED) is 0.743. The molecule has 0 spiro atoms. The summed E-state index contributed by atoms with van der Waals surface area (Å²) in [6, 6.07) is 13.2. The standard InChI is InChI=1S/C13H11NO2S2/c14-18(15,16)11-6-5-10-7-9-3-1-2-4-12(9)17-13(10)8-11/h1-6,8H,7H2,(H2,14,15,16). The molecule has 0 radical (unpaired) electrons. The lowest BCUT2D eigenvalue weighted by Crippen LogP contribution is -2.12. The van der Waals surface area contributed by atoms with Gasteiger partial charge in [0.25, 0.3) is 0 Å². The predicted octanol–water partition coefficient (Wildman–Crippen LogP) is 2.39. The van der Waals surface area contributed by atoms with Gasteiger partial charge in [-0.15, -0.1) is 0 Å². The number of primary sulfonamides is 1. The Hall–Kier alpha value is -1.30. The van der Waals surface area contributed by atoms with Crippen molar-refractivity contribution in [3.05, 3.63) is 53.6 Å². The van der Waals surface area contributed by atoms with Crippen molar-refractivity contribution in [3.63, 3.8) is 0 Å². The Morgan fingerprint density at radius 2 is 1.72 bits per heavy atom. The Balaban J connectivity index is 2.09. The second-order valence-electron chi connectivity index (χ2n) is 4.20. The predicted molar refractivity (Wildman–Crippen MR) is 71.2 cm³/mol. The SMILES string of the molecule is NS(=O)(=O)c1ccc2c(c1)Sc1ccccc1C2. The molecule has 18 heavy (non-hydrogen) atoms. The van der Waals surface area contributed by atoms with Crippen LogP contribution in [0.15, 0.2) is 57.2 Å². The summed E-state index contributed by atoms with van der Waals surface area (Å²) in [7, 11) is -3.63. The zero-order chi connectivity index (χ0) is 12.8. The Kier molecular flexibility index (Phi) is 2.69. The molecule has 2 aromatic rings. The lowest BCUT2D eigenvalue weighted by molar-refractivity contribution is 0.597. The highest BCUT2D eigenvalue weighted by molar-refractivity contribution is 7.99. The lowest BCUT2D eigenvalue weighted by Gasteiger charge is -2.19. The lowest BCUT2D eigenvalue weighted by atomic mass is 10.0. The molecule has 1 aliphatic heterocycles. The Bertz CT molecular complexity index is 724. The largest absolute Gasteiger partial charge is 0.238 e. The van der Waals surface area contributed by atoms with Crippen LogP contribution in [-0.2, 0) is 16.4 Å². The molecule has 0 aromatic heterocycles. The second-order valence-corrected chi connectivity index (χ2v) is 6.85. The van der Waals surface area contributed by atoms with Gasteiger partial charge < -0.3 is 0 Å². The molecule has 2 aromatic carbocycles. The first kappa shape index (κ1) is 11.8. The summed E-state index contributed by atoms with van der Waals surface area (Å²) >= 11 is 1.59. The smallest absolute Gasteiger partial charge is 0.225 e. The van der Waals surface area contributed by atoms with Gasteiger partial charge in [0.1, 0.15) is 0 Å². The number of sulfonamides is 1. The molecular formula is C13H11NO2S2. The summed E-state index contributed by atoms with van der Waals surface area (Å²) in [6.07, 6.45) is 0.837. The number of fused-ring (bicyclic) bond motifs is 2. The molecule has 5 heteroatoms. The molecule has 0 fully saturated rings. The number of hydrogen-bond donors (Lipinski definition) is 1. The summed E-state index contributed by atoms with van der Waals surface area (Å²) in [5.41, 5.74) is 2.42. The van der Waals surface area contributed by atoms with Crippen molar-refractivity contribution in [1.82, 2.24) is 0 Å². The first-order chi connectivity index (χ1) is 8.54. The molecular weight excluding hydrogens is 266 g/mol. The zero-order valence-electron chi connectivity index (χ0n) is 9.46. The molecule has 0 bridgehead atoms. The van der Waals surface area contributed by atoms with Crippen LogP contribution < -0.4 is 5.14 Å². The highest BCUT2D eigenvalue weighted by Crippen LogP contribution is 2.40. The van der Waals surface area contributed by atoms with E-state index in [1.165, 1.54) is 10.5 Å². The summed E-state index contributed by atoms with van der Waals surface area (Å²) < 4.78 is 22.7. The third-order valence-corrected chi connectivity index (χ3v) is 5.07. The van der Waals surface area contributed by atoms with E-state index in [4.69, 9.17) is 5.14 Å². The van der Waals surface area contributed by atoms with Crippen LogP contribution in [0.3, 0.4) is 0 Å². The summed E-state index contributed by atoms with van der Waals surface area (Å²) in [4.78, 5) is 2.32. The van der Waals surface area contributed by atoms with E-state index in [2.05, 4.69) is 6.07 Å². The van der Waals surface area contributed by atoms with Crippen LogP contribution in [-0.4, -0.2) is 8.42 Å². The van der Waals surface area contributed by atoms with Crippen molar-refractivity contribution in [2.75, 3.05) is 0 Å². The molecule has 2 N–H and O–H groups in total. The maximum absolute atomic E-state index is 11.3. The fourth-order valence-electron chi connectivity index (χ4n) is 2.03. The number of benzene rings is 2. The maximum Gasteiger partial charge on any atom is 0.238 e. The van der Waals surface area contributed by atoms with E-state index < -0.39 is 10.0 Å². The van der Waals surface area contributed by atoms with E-state index in [1.54, 1.807) is 23.9 Å². The highest BCUT2D eigenvalue weighted by Gasteiger charge is 2.18. The Labute approximate surface area is 110 Å². The van der Waals surface area contributed by atoms with E-state index in [0.717, 1.165) is 16.9 Å². The average molecular weight is 277 g/mol. The van der Waals surface area contributed by atoms with E-state index >= 15 is 0 Å². The van der Waals surface area contributed by atoms with Gasteiger partial charge in [-0.25, -0.2) is 13.6 Å². The van der Waals surface area contributed by atoms with Crippen molar-refractivity contribution in [3.8, 4) is 0 Å². The van der Waals surface area contributed by atoms with Gasteiger partial charge >= 0.3 is 0 Å². The van der Waals surface area contributed by atoms with Crippen molar-refractivity contribution >= 4 is 21.8 Å². The van der Waals surface area contributed by atoms with Gasteiger partial charge in [0.15, 0.2) is 0 Å². The summed E-state index contributed by atoms with van der Waals surface area (Å²) in [5.74, 6) is 0. The van der Waals surface area contributed by atoms with E-state index in [-0.39, 0.29) is 4.90 Å². The molecule has 0 aliphatic carbocycles. The third kappa shape index (κ3) is 2.05. The zero-order valence-corrected chi connectivity index (χ0v) is 11.1. The van der Waals surface area contributed by atoms with Crippen LogP contribution in [0.4, 0.5) is 0 Å². The van der Waals surface area contributed by atoms with Crippen LogP contribution >= 0.6 is 11.8 Å².